The minimum atomic E-state index is -1.14. The summed E-state index contributed by atoms with van der Waals surface area (Å²) in [6, 6.07) is -0.368. The third-order valence-corrected chi connectivity index (χ3v) is 5.22. The second-order valence-electron chi connectivity index (χ2n) is 6.47. The summed E-state index contributed by atoms with van der Waals surface area (Å²) in [5.74, 6) is -2.53. The molecule has 3 rings (SSSR count). The maximum Gasteiger partial charge on any atom is 0.352 e. The van der Waals surface area contributed by atoms with Crippen molar-refractivity contribution < 1.29 is 24.9 Å². The van der Waals surface area contributed by atoms with E-state index in [4.69, 9.17) is 5.41 Å². The number of fused-ring (bicyclic) bond motifs is 3. The van der Waals surface area contributed by atoms with Gasteiger partial charge >= 0.3 is 5.97 Å². The van der Waals surface area contributed by atoms with Crippen LogP contribution in [0.15, 0.2) is 11.3 Å². The monoisotopic (exact) mass is 323 g/mol. The Bertz CT molecular complexity index is 588. The zero-order valence-electron chi connectivity index (χ0n) is 12.8. The molecule has 0 aromatic heterocycles. The number of amides is 1. The van der Waals surface area contributed by atoms with Crippen LogP contribution >= 0.6 is 0 Å². The Balaban J connectivity index is 2.05. The summed E-state index contributed by atoms with van der Waals surface area (Å²) in [7, 11) is 0. The molecule has 0 aromatic carbocycles. The van der Waals surface area contributed by atoms with Gasteiger partial charge in [-0.3, -0.25) is 10.2 Å². The summed E-state index contributed by atoms with van der Waals surface area (Å²) in [5.41, 5.74) is 0.705. The van der Waals surface area contributed by atoms with E-state index >= 15 is 0 Å². The zero-order valence-corrected chi connectivity index (χ0v) is 12.8. The first-order chi connectivity index (χ1) is 10.9. The first-order valence-electron chi connectivity index (χ1n) is 7.76. The molecule has 0 spiro atoms. The predicted octanol–water partition coefficient (Wildman–Crippen LogP) is -0.916. The third kappa shape index (κ3) is 2.16. The quantitative estimate of drug-likeness (QED) is 0.295. The number of carbonyl (C=O) groups is 2. The summed E-state index contributed by atoms with van der Waals surface area (Å²) in [6.07, 6.45) is 0.758. The summed E-state index contributed by atoms with van der Waals surface area (Å²) in [4.78, 5) is 27.1. The van der Waals surface area contributed by atoms with Crippen LogP contribution < -0.4 is 0 Å². The van der Waals surface area contributed by atoms with Crippen molar-refractivity contribution in [3.05, 3.63) is 11.3 Å². The molecule has 3 heterocycles. The molecule has 23 heavy (non-hydrogen) atoms. The Kier molecular flexibility index (Phi) is 3.89. The van der Waals surface area contributed by atoms with E-state index in [0.717, 1.165) is 0 Å². The van der Waals surface area contributed by atoms with Crippen LogP contribution in [0.2, 0.25) is 0 Å². The maximum atomic E-state index is 12.3. The lowest BCUT2D eigenvalue weighted by Crippen LogP contribution is -2.65. The average molecular weight is 323 g/mol. The standard InChI is InChI=1S/C15H21N3O5/c1-7(20)10-12-9-5-17(6-16)4-8(2-3-19)11(9)13(15(22)23)18(12)14(10)21/h6-10,12,16,19-20H,2-5H2,1H3,(H,22,23)/t7-,8+,9+,10-,12-/m1/s1. The van der Waals surface area contributed by atoms with Crippen molar-refractivity contribution in [1.29, 1.82) is 5.41 Å². The number of hydrogen-bond donors (Lipinski definition) is 4. The number of aliphatic carboxylic acids is 1. The number of nitrogens with one attached hydrogen (secondary N) is 1. The smallest absolute Gasteiger partial charge is 0.352 e. The molecule has 2 fully saturated rings. The Hall–Kier alpha value is -1.93. The van der Waals surface area contributed by atoms with Gasteiger partial charge in [0.2, 0.25) is 5.91 Å². The number of rotatable bonds is 5. The molecule has 3 aliphatic rings. The van der Waals surface area contributed by atoms with Gasteiger partial charge in [0.15, 0.2) is 0 Å². The number of aliphatic hydroxyl groups excluding tert-OH is 2. The Morgan fingerprint density at radius 1 is 1.48 bits per heavy atom. The van der Waals surface area contributed by atoms with Gasteiger partial charge in [-0.05, 0) is 18.9 Å². The van der Waals surface area contributed by atoms with Gasteiger partial charge in [-0.15, -0.1) is 0 Å². The highest BCUT2D eigenvalue weighted by molar-refractivity contribution is 6.00. The van der Waals surface area contributed by atoms with Crippen molar-refractivity contribution in [2.24, 2.45) is 17.8 Å². The van der Waals surface area contributed by atoms with Gasteiger partial charge in [0, 0.05) is 31.5 Å². The fourth-order valence-corrected chi connectivity index (χ4v) is 4.36. The molecule has 8 nitrogen and oxygen atoms in total. The minimum Gasteiger partial charge on any atom is -0.477 e. The Morgan fingerprint density at radius 2 is 2.17 bits per heavy atom. The van der Waals surface area contributed by atoms with Crippen LogP contribution in [0.1, 0.15) is 13.3 Å². The highest BCUT2D eigenvalue weighted by Crippen LogP contribution is 2.51. The van der Waals surface area contributed by atoms with Gasteiger partial charge in [0.25, 0.3) is 0 Å². The van der Waals surface area contributed by atoms with Crippen LogP contribution in [-0.2, 0) is 9.59 Å². The van der Waals surface area contributed by atoms with Crippen molar-refractivity contribution >= 4 is 18.2 Å². The largest absolute Gasteiger partial charge is 0.477 e. The second kappa shape index (κ2) is 5.61. The van der Waals surface area contributed by atoms with E-state index in [1.165, 1.54) is 11.2 Å². The molecule has 5 atom stereocenters. The molecule has 0 radical (unpaired) electrons. The van der Waals surface area contributed by atoms with E-state index in [-0.39, 0.29) is 36.1 Å². The highest BCUT2D eigenvalue weighted by atomic mass is 16.4. The van der Waals surface area contributed by atoms with Crippen molar-refractivity contribution in [1.82, 2.24) is 9.80 Å². The van der Waals surface area contributed by atoms with Gasteiger partial charge in [-0.25, -0.2) is 4.79 Å². The first-order valence-corrected chi connectivity index (χ1v) is 7.76. The third-order valence-electron chi connectivity index (χ3n) is 5.22. The summed E-state index contributed by atoms with van der Waals surface area (Å²) in [6.45, 7) is 2.37. The fraction of sp³-hybridized carbons (Fsp3) is 0.667. The number of β-lactam (4-membered cyclic amide) rings is 1. The molecule has 0 unspecified atom stereocenters. The Labute approximate surface area is 133 Å². The van der Waals surface area contributed by atoms with E-state index in [2.05, 4.69) is 0 Å². The highest BCUT2D eigenvalue weighted by Gasteiger charge is 2.62. The normalized spacial score (nSPS) is 34.0. The molecule has 0 aromatic rings. The van der Waals surface area contributed by atoms with Crippen molar-refractivity contribution in [2.75, 3.05) is 19.7 Å². The lowest BCUT2D eigenvalue weighted by atomic mass is 9.72. The number of nitrogens with zero attached hydrogens (tertiary/aromatic N) is 2. The first kappa shape index (κ1) is 15.9. The molecule has 0 aliphatic carbocycles. The number of likely N-dealkylation sites (tertiary alicyclic amines) is 1. The van der Waals surface area contributed by atoms with Crippen LogP contribution in [0.25, 0.3) is 0 Å². The summed E-state index contributed by atoms with van der Waals surface area (Å²) < 4.78 is 0. The molecular formula is C15H21N3O5. The average Bonchev–Trinajstić information content (AvgIpc) is 2.78. The molecule has 2 saturated heterocycles. The van der Waals surface area contributed by atoms with E-state index in [1.807, 2.05) is 0 Å². The fourth-order valence-electron chi connectivity index (χ4n) is 4.36. The van der Waals surface area contributed by atoms with Gasteiger partial charge in [0.1, 0.15) is 5.70 Å². The van der Waals surface area contributed by atoms with Crippen LogP contribution in [-0.4, -0.2) is 75.2 Å². The van der Waals surface area contributed by atoms with Gasteiger partial charge in [-0.2, -0.15) is 0 Å². The van der Waals surface area contributed by atoms with Crippen LogP contribution in [0.4, 0.5) is 0 Å². The lowest BCUT2D eigenvalue weighted by Gasteiger charge is -2.48. The van der Waals surface area contributed by atoms with Gasteiger partial charge in [-0.1, -0.05) is 0 Å². The molecule has 0 saturated carbocycles. The minimum absolute atomic E-state index is 0.0185. The van der Waals surface area contributed by atoms with E-state index < -0.39 is 18.0 Å². The number of aliphatic hydroxyl groups is 2. The number of hydrogen-bond acceptors (Lipinski definition) is 5. The topological polar surface area (TPSA) is 125 Å². The van der Waals surface area contributed by atoms with Crippen LogP contribution in [0.3, 0.4) is 0 Å². The lowest BCUT2D eigenvalue weighted by molar-refractivity contribution is -0.163. The molecular weight excluding hydrogens is 302 g/mol. The van der Waals surface area contributed by atoms with E-state index in [9.17, 15) is 24.9 Å². The van der Waals surface area contributed by atoms with E-state index in [0.29, 0.717) is 25.1 Å². The number of carboxylic acid groups (broad SMARTS) is 1. The van der Waals surface area contributed by atoms with E-state index in [1.54, 1.807) is 11.8 Å². The summed E-state index contributed by atoms with van der Waals surface area (Å²) in [5, 5.41) is 36.3. The van der Waals surface area contributed by atoms with Gasteiger partial charge in [0.05, 0.1) is 24.4 Å². The zero-order chi connectivity index (χ0) is 16.9. The van der Waals surface area contributed by atoms with Crippen molar-refractivity contribution in [3.8, 4) is 0 Å². The van der Waals surface area contributed by atoms with Crippen molar-refractivity contribution in [3.63, 3.8) is 0 Å². The maximum absolute atomic E-state index is 12.3. The van der Waals surface area contributed by atoms with Gasteiger partial charge < -0.3 is 25.1 Å². The molecule has 4 N–H and O–H groups in total. The Morgan fingerprint density at radius 3 is 2.70 bits per heavy atom. The molecule has 3 aliphatic heterocycles. The van der Waals surface area contributed by atoms with Crippen molar-refractivity contribution in [2.45, 2.75) is 25.5 Å². The predicted molar refractivity (Wildman–Crippen MR) is 79.5 cm³/mol. The molecule has 126 valence electrons. The summed E-state index contributed by atoms with van der Waals surface area (Å²) >= 11 is 0. The number of carbonyl (C=O) groups excluding carboxylic acids is 1. The van der Waals surface area contributed by atoms with Crippen LogP contribution in [0, 0.1) is 23.2 Å². The molecule has 1 amide bonds. The second-order valence-corrected chi connectivity index (χ2v) is 6.47. The van der Waals surface area contributed by atoms with Crippen LogP contribution in [0.5, 0.6) is 0 Å². The number of piperidine rings is 1. The number of carboxylic acids is 1. The molecule has 0 bridgehead atoms. The molecule has 8 heteroatoms. The SMILES string of the molecule is C[C@@H](O)[C@H]1C(=O)N2C(C(=O)O)=C3[C@@H](CCO)CN(C=N)C[C@@H]3[C@H]12.